The molecule has 4 fully saturated rings. The van der Waals surface area contributed by atoms with Crippen molar-refractivity contribution in [2.45, 2.75) is 55.7 Å². The molecule has 1 aromatic carbocycles. The minimum atomic E-state index is -0.367. The summed E-state index contributed by atoms with van der Waals surface area (Å²) < 4.78 is 5.77. The predicted molar refractivity (Wildman–Crippen MR) is 107 cm³/mol. The van der Waals surface area contributed by atoms with Gasteiger partial charge >= 0.3 is 5.97 Å². The lowest BCUT2D eigenvalue weighted by Crippen LogP contribution is -2.56. The maximum atomic E-state index is 13.1. The van der Waals surface area contributed by atoms with Crippen molar-refractivity contribution in [2.24, 2.45) is 17.3 Å². The first-order valence-corrected chi connectivity index (χ1v) is 11.0. The van der Waals surface area contributed by atoms with Crippen LogP contribution >= 0.6 is 15.9 Å². The van der Waals surface area contributed by atoms with Crippen molar-refractivity contribution in [3.63, 3.8) is 0 Å². The first-order valence-electron chi connectivity index (χ1n) is 10.2. The van der Waals surface area contributed by atoms with Gasteiger partial charge in [0.1, 0.15) is 0 Å². The number of rotatable bonds is 3. The fourth-order valence-corrected chi connectivity index (χ4v) is 7.99. The summed E-state index contributed by atoms with van der Waals surface area (Å²) >= 11 is 3.94. The van der Waals surface area contributed by atoms with E-state index in [1.165, 1.54) is 24.8 Å². The zero-order chi connectivity index (χ0) is 18.6. The van der Waals surface area contributed by atoms with E-state index in [1.54, 1.807) is 4.90 Å². The number of carbonyl (C=O) groups is 2. The topological polar surface area (TPSA) is 46.6 Å². The van der Waals surface area contributed by atoms with Gasteiger partial charge in [-0.15, -0.1) is 0 Å². The average molecular weight is 432 g/mol. The van der Waals surface area contributed by atoms with E-state index < -0.39 is 0 Å². The number of halogens is 1. The van der Waals surface area contributed by atoms with E-state index in [0.717, 1.165) is 37.8 Å². The Morgan fingerprint density at radius 3 is 2.63 bits per heavy atom. The molecule has 4 aliphatic carbocycles. The Morgan fingerprint density at radius 1 is 1.15 bits per heavy atom. The number of carbonyl (C=O) groups excluding carboxylic acids is 2. The summed E-state index contributed by atoms with van der Waals surface area (Å²) in [6.45, 7) is 0.562. The van der Waals surface area contributed by atoms with Gasteiger partial charge in [0.2, 0.25) is 0 Å². The molecule has 4 bridgehead atoms. The van der Waals surface area contributed by atoms with Crippen LogP contribution in [-0.4, -0.2) is 29.4 Å². The summed E-state index contributed by atoms with van der Waals surface area (Å²) in [6, 6.07) is 8.03. The van der Waals surface area contributed by atoms with Gasteiger partial charge in [-0.1, -0.05) is 34.1 Å². The number of amides is 1. The second-order valence-corrected chi connectivity index (χ2v) is 10.9. The lowest BCUT2D eigenvalue weighted by Gasteiger charge is -2.58. The SMILES string of the molecule is O=C(COC(=O)C12CC3CC(CC(Br)(C3)C1)C2)N1CCCc2ccccc21. The Morgan fingerprint density at radius 2 is 1.89 bits per heavy atom. The second kappa shape index (κ2) is 6.33. The molecule has 1 aliphatic heterocycles. The third-order valence-electron chi connectivity index (χ3n) is 7.16. The maximum Gasteiger partial charge on any atom is 0.312 e. The Hall–Kier alpha value is -1.36. The first-order chi connectivity index (χ1) is 13.0. The fourth-order valence-electron chi connectivity index (χ4n) is 6.54. The number of anilines is 1. The molecule has 1 heterocycles. The van der Waals surface area contributed by atoms with Crippen molar-refractivity contribution < 1.29 is 14.3 Å². The second-order valence-electron chi connectivity index (χ2n) is 9.25. The Kier molecular flexibility index (Phi) is 4.15. The summed E-state index contributed by atoms with van der Waals surface area (Å²) in [7, 11) is 0. The average Bonchev–Trinajstić information content (AvgIpc) is 2.63. The molecule has 5 aliphatic rings. The molecule has 0 radical (unpaired) electrons. The molecule has 1 aromatic rings. The lowest BCUT2D eigenvalue weighted by molar-refractivity contribution is -0.171. The van der Waals surface area contributed by atoms with Crippen LogP contribution in [-0.2, 0) is 20.7 Å². The molecule has 4 saturated carbocycles. The Balaban J connectivity index is 1.27. The molecule has 0 N–H and O–H groups in total. The number of hydrogen-bond acceptors (Lipinski definition) is 3. The van der Waals surface area contributed by atoms with Gasteiger partial charge in [0.25, 0.3) is 5.91 Å². The van der Waals surface area contributed by atoms with E-state index in [4.69, 9.17) is 4.74 Å². The predicted octanol–water partition coefficient (Wildman–Crippen LogP) is 4.24. The maximum absolute atomic E-state index is 13.1. The van der Waals surface area contributed by atoms with Gasteiger partial charge in [-0.3, -0.25) is 9.59 Å². The van der Waals surface area contributed by atoms with Crippen molar-refractivity contribution in [1.29, 1.82) is 0 Å². The van der Waals surface area contributed by atoms with Gasteiger partial charge in [0, 0.05) is 16.6 Å². The van der Waals surface area contributed by atoms with Crippen LogP contribution in [0.5, 0.6) is 0 Å². The Bertz CT molecular complexity index is 778. The van der Waals surface area contributed by atoms with E-state index >= 15 is 0 Å². The van der Waals surface area contributed by atoms with Crippen LogP contribution in [0.4, 0.5) is 5.69 Å². The molecule has 144 valence electrons. The minimum Gasteiger partial charge on any atom is -0.455 e. The smallest absolute Gasteiger partial charge is 0.312 e. The summed E-state index contributed by atoms with van der Waals surface area (Å²) in [5, 5.41) is 0. The highest BCUT2D eigenvalue weighted by Crippen LogP contribution is 2.64. The van der Waals surface area contributed by atoms with Gasteiger partial charge in [0.05, 0.1) is 5.41 Å². The van der Waals surface area contributed by atoms with Crippen LogP contribution in [0.1, 0.15) is 50.5 Å². The zero-order valence-corrected chi connectivity index (χ0v) is 17.2. The van der Waals surface area contributed by atoms with Crippen LogP contribution in [0, 0.1) is 17.3 Å². The summed E-state index contributed by atoms with van der Waals surface area (Å²) in [6.07, 6.45) is 8.32. The van der Waals surface area contributed by atoms with Crippen molar-refractivity contribution in [3.05, 3.63) is 29.8 Å². The summed E-state index contributed by atoms with van der Waals surface area (Å²) in [5.74, 6) is 1.01. The van der Waals surface area contributed by atoms with Crippen LogP contribution < -0.4 is 4.90 Å². The fraction of sp³-hybridized carbons (Fsp3) is 0.636. The standard InChI is InChI=1S/C22H26BrNO3/c23-22-11-15-8-16(12-22)10-21(9-15,14-22)20(26)27-13-19(25)24-7-3-5-17-4-1-2-6-18(17)24/h1-2,4,6,15-16H,3,5,7-14H2. The number of nitrogens with zero attached hydrogens (tertiary/aromatic N) is 1. The highest BCUT2D eigenvalue weighted by molar-refractivity contribution is 9.10. The summed E-state index contributed by atoms with van der Waals surface area (Å²) in [5.41, 5.74) is 1.80. The van der Waals surface area contributed by atoms with Crippen LogP contribution in [0.3, 0.4) is 0 Å². The van der Waals surface area contributed by atoms with E-state index in [9.17, 15) is 9.59 Å². The number of fused-ring (bicyclic) bond motifs is 1. The zero-order valence-electron chi connectivity index (χ0n) is 15.6. The van der Waals surface area contributed by atoms with Crippen molar-refractivity contribution in [3.8, 4) is 0 Å². The number of para-hydroxylation sites is 1. The van der Waals surface area contributed by atoms with E-state index in [1.807, 2.05) is 18.2 Å². The molecular formula is C22H26BrNO3. The van der Waals surface area contributed by atoms with Gasteiger partial charge in [0.15, 0.2) is 6.61 Å². The quantitative estimate of drug-likeness (QED) is 0.530. The Labute approximate surface area is 168 Å². The molecule has 2 atom stereocenters. The molecular weight excluding hydrogens is 406 g/mol. The molecule has 27 heavy (non-hydrogen) atoms. The largest absolute Gasteiger partial charge is 0.455 e. The highest BCUT2D eigenvalue weighted by atomic mass is 79.9. The molecule has 1 amide bonds. The van der Waals surface area contributed by atoms with E-state index in [2.05, 4.69) is 22.0 Å². The lowest BCUT2D eigenvalue weighted by atomic mass is 9.49. The van der Waals surface area contributed by atoms with Gasteiger partial charge in [-0.05, 0) is 74.8 Å². The third kappa shape index (κ3) is 3.02. The number of ether oxygens (including phenoxy) is 1. The number of alkyl halides is 1. The minimum absolute atomic E-state index is 0.103. The van der Waals surface area contributed by atoms with E-state index in [0.29, 0.717) is 18.4 Å². The van der Waals surface area contributed by atoms with Crippen molar-refractivity contribution in [2.75, 3.05) is 18.1 Å². The number of hydrogen-bond donors (Lipinski definition) is 0. The van der Waals surface area contributed by atoms with Gasteiger partial charge < -0.3 is 9.64 Å². The highest BCUT2D eigenvalue weighted by Gasteiger charge is 2.60. The van der Waals surface area contributed by atoms with Crippen molar-refractivity contribution >= 4 is 33.5 Å². The first kappa shape index (κ1) is 17.7. The van der Waals surface area contributed by atoms with E-state index in [-0.39, 0.29) is 28.2 Å². The molecule has 6 rings (SSSR count). The van der Waals surface area contributed by atoms with Crippen molar-refractivity contribution in [1.82, 2.24) is 0 Å². The summed E-state index contributed by atoms with van der Waals surface area (Å²) in [4.78, 5) is 27.6. The number of esters is 1. The monoisotopic (exact) mass is 431 g/mol. The number of benzene rings is 1. The molecule has 4 nitrogen and oxygen atoms in total. The van der Waals surface area contributed by atoms with Gasteiger partial charge in [-0.25, -0.2) is 0 Å². The number of aryl methyl sites for hydroxylation is 1. The molecule has 0 saturated heterocycles. The van der Waals surface area contributed by atoms with Crippen LogP contribution in [0.25, 0.3) is 0 Å². The molecule has 2 unspecified atom stereocenters. The molecule has 0 aromatic heterocycles. The molecule has 5 heteroatoms. The normalized spacial score (nSPS) is 36.4. The molecule has 0 spiro atoms. The third-order valence-corrected chi connectivity index (χ3v) is 8.09. The van der Waals surface area contributed by atoms with Crippen LogP contribution in [0.15, 0.2) is 24.3 Å². The van der Waals surface area contributed by atoms with Crippen LogP contribution in [0.2, 0.25) is 0 Å². The van der Waals surface area contributed by atoms with Gasteiger partial charge in [-0.2, -0.15) is 0 Å².